The number of nitrogens with one attached hydrogen (secondary N) is 5. The van der Waals surface area contributed by atoms with Gasteiger partial charge in [0.2, 0.25) is 35.4 Å². The summed E-state index contributed by atoms with van der Waals surface area (Å²) in [5.74, 6) is -8.03. The van der Waals surface area contributed by atoms with E-state index in [0.29, 0.717) is 6.42 Å². The molecule has 0 radical (unpaired) electrons. The maximum atomic E-state index is 14.5. The molecule has 1 aliphatic heterocycles. The van der Waals surface area contributed by atoms with Crippen molar-refractivity contribution in [1.29, 1.82) is 0 Å². The van der Waals surface area contributed by atoms with E-state index >= 15 is 0 Å². The number of hydrogen-bond acceptors (Lipinski definition) is 8. The van der Waals surface area contributed by atoms with E-state index in [1.807, 2.05) is 27.7 Å². The van der Waals surface area contributed by atoms with Gasteiger partial charge < -0.3 is 41.7 Å². The van der Waals surface area contributed by atoms with Crippen molar-refractivity contribution in [3.05, 3.63) is 0 Å². The van der Waals surface area contributed by atoms with Gasteiger partial charge in [-0.25, -0.2) is 0 Å². The van der Waals surface area contributed by atoms with Crippen molar-refractivity contribution in [2.75, 3.05) is 13.1 Å². The minimum Gasteiger partial charge on any atom is -0.481 e. The van der Waals surface area contributed by atoms with Crippen molar-refractivity contribution in [3.8, 4) is 0 Å². The summed E-state index contributed by atoms with van der Waals surface area (Å²) >= 11 is 0. The van der Waals surface area contributed by atoms with Crippen LogP contribution in [0, 0.1) is 17.8 Å². The Hall–Kier alpha value is -4.24. The largest absolute Gasteiger partial charge is 0.481 e. The quantitative estimate of drug-likeness (QED) is 0.0699. The maximum Gasteiger partial charge on any atom is 0.303 e. The molecule has 0 bridgehead atoms. The van der Waals surface area contributed by atoms with Crippen molar-refractivity contribution in [2.24, 2.45) is 17.8 Å². The van der Waals surface area contributed by atoms with Crippen molar-refractivity contribution >= 4 is 47.4 Å². The fourth-order valence-electron chi connectivity index (χ4n) is 6.80. The standard InChI is InChI=1S/C41H72N6O10/c1-8-9-10-11-12-13-14-15-16-17-22-42-33(48)25-47-32(19-21-35(51)52)39(55)45-30(23-26(2)3)37(53)44-31(24-27(4)5)38(54)46-36(28(6)7)40(56)43-29(41(47)57)18-20-34(49)50/h26-32,36H,8-25H2,1-7H3,(H,42,48)(H,43,56)(H,44,53)(H,45,55)(H,46,54)(H,49,50)(H,51,52)/t29-,30-,31+,32-,36-/m0/s1. The lowest BCUT2D eigenvalue weighted by atomic mass is 9.98. The van der Waals surface area contributed by atoms with Gasteiger partial charge in [-0.3, -0.25) is 38.4 Å². The Labute approximate surface area is 339 Å². The van der Waals surface area contributed by atoms with Crippen LogP contribution in [0.25, 0.3) is 0 Å². The van der Waals surface area contributed by atoms with Crippen LogP contribution in [-0.4, -0.2) is 106 Å². The molecule has 6 amide bonds. The first-order chi connectivity index (χ1) is 26.9. The van der Waals surface area contributed by atoms with E-state index < -0.39 is 116 Å². The number of hydrogen-bond donors (Lipinski definition) is 7. The molecule has 1 aliphatic rings. The molecular formula is C41H72N6O10. The van der Waals surface area contributed by atoms with Gasteiger partial charge in [-0.2, -0.15) is 0 Å². The summed E-state index contributed by atoms with van der Waals surface area (Å²) in [5.41, 5.74) is 0. The molecule has 1 rings (SSSR count). The molecule has 0 aromatic rings. The van der Waals surface area contributed by atoms with E-state index in [9.17, 15) is 48.6 Å². The Morgan fingerprint density at radius 2 is 1.07 bits per heavy atom. The SMILES string of the molecule is CCCCCCCCCCCCNC(=O)CN1C(=O)[C@H](CCC(=O)O)NC(=O)[C@H](C(C)C)NC(=O)[C@@H](CC(C)C)NC(=O)[C@H](CC(C)C)NC(=O)[C@@H]1CCC(=O)O. The van der Waals surface area contributed by atoms with Gasteiger partial charge in [0.15, 0.2) is 0 Å². The first-order valence-electron chi connectivity index (χ1n) is 21.1. The van der Waals surface area contributed by atoms with E-state index in [1.54, 1.807) is 13.8 Å². The van der Waals surface area contributed by atoms with Gasteiger partial charge in [0, 0.05) is 19.4 Å². The van der Waals surface area contributed by atoms with Gasteiger partial charge >= 0.3 is 11.9 Å². The van der Waals surface area contributed by atoms with Gasteiger partial charge in [0.25, 0.3) is 0 Å². The van der Waals surface area contributed by atoms with Crippen LogP contribution in [0.15, 0.2) is 0 Å². The lowest BCUT2D eigenvalue weighted by Crippen LogP contribution is -2.61. The lowest BCUT2D eigenvalue weighted by molar-refractivity contribution is -0.148. The number of carbonyl (C=O) groups excluding carboxylic acids is 6. The Morgan fingerprint density at radius 3 is 1.56 bits per heavy atom. The fourth-order valence-corrected chi connectivity index (χ4v) is 6.80. The second-order valence-electron chi connectivity index (χ2n) is 16.6. The Bertz CT molecular complexity index is 1320. The molecule has 16 heteroatoms. The number of carboxylic acid groups (broad SMARTS) is 2. The molecular weight excluding hydrogens is 736 g/mol. The number of aliphatic carboxylic acids is 2. The van der Waals surface area contributed by atoms with Crippen LogP contribution in [-0.2, 0) is 38.4 Å². The third-order valence-electron chi connectivity index (χ3n) is 9.95. The van der Waals surface area contributed by atoms with Crippen molar-refractivity contribution in [1.82, 2.24) is 31.5 Å². The van der Waals surface area contributed by atoms with Crippen LogP contribution in [0.1, 0.15) is 151 Å². The summed E-state index contributed by atoms with van der Waals surface area (Å²) in [4.78, 5) is 108. The highest BCUT2D eigenvalue weighted by Gasteiger charge is 2.40. The van der Waals surface area contributed by atoms with Gasteiger partial charge in [0.05, 0.1) is 0 Å². The fraction of sp³-hybridized carbons (Fsp3) is 0.805. The smallest absolute Gasteiger partial charge is 0.303 e. The number of nitrogens with zero attached hydrogens (tertiary/aromatic N) is 1. The predicted molar refractivity (Wildman–Crippen MR) is 216 cm³/mol. The zero-order valence-electron chi connectivity index (χ0n) is 35.5. The summed E-state index contributed by atoms with van der Waals surface area (Å²) in [6.45, 7) is 12.4. The molecule has 0 aliphatic carbocycles. The number of rotatable bonds is 24. The van der Waals surface area contributed by atoms with Gasteiger partial charge in [-0.15, -0.1) is 0 Å². The maximum absolute atomic E-state index is 14.5. The summed E-state index contributed by atoms with van der Waals surface area (Å²) in [5, 5.41) is 32.6. The molecule has 7 N–H and O–H groups in total. The van der Waals surface area contributed by atoms with Gasteiger partial charge in [-0.05, 0) is 49.9 Å². The zero-order chi connectivity index (χ0) is 43.1. The molecule has 0 aromatic carbocycles. The predicted octanol–water partition coefficient (Wildman–Crippen LogP) is 3.65. The molecule has 0 aromatic heterocycles. The third kappa shape index (κ3) is 20.7. The summed E-state index contributed by atoms with van der Waals surface area (Å²) < 4.78 is 0. The molecule has 0 saturated carbocycles. The topological polar surface area (TPSA) is 240 Å². The average molecular weight is 809 g/mol. The number of amides is 6. The zero-order valence-corrected chi connectivity index (χ0v) is 35.5. The highest BCUT2D eigenvalue weighted by molar-refractivity contribution is 5.99. The summed E-state index contributed by atoms with van der Waals surface area (Å²) in [7, 11) is 0. The molecule has 16 nitrogen and oxygen atoms in total. The van der Waals surface area contributed by atoms with E-state index in [0.717, 1.165) is 30.6 Å². The van der Waals surface area contributed by atoms with Crippen LogP contribution in [0.3, 0.4) is 0 Å². The second kappa shape index (κ2) is 27.4. The second-order valence-corrected chi connectivity index (χ2v) is 16.6. The summed E-state index contributed by atoms with van der Waals surface area (Å²) in [6.07, 6.45) is 9.12. The molecule has 1 saturated heterocycles. The monoisotopic (exact) mass is 809 g/mol. The minimum absolute atomic E-state index is 0.0733. The van der Waals surface area contributed by atoms with Crippen molar-refractivity contribution in [2.45, 2.75) is 181 Å². The minimum atomic E-state index is -1.61. The van der Waals surface area contributed by atoms with E-state index in [4.69, 9.17) is 0 Å². The van der Waals surface area contributed by atoms with Crippen LogP contribution in [0.2, 0.25) is 0 Å². The molecule has 326 valence electrons. The highest BCUT2D eigenvalue weighted by Crippen LogP contribution is 2.17. The lowest BCUT2D eigenvalue weighted by Gasteiger charge is -2.34. The van der Waals surface area contributed by atoms with E-state index in [-0.39, 0.29) is 31.2 Å². The number of carbonyl (C=O) groups is 8. The molecule has 57 heavy (non-hydrogen) atoms. The number of carboxylic acids is 2. The molecule has 0 unspecified atom stereocenters. The normalized spacial score (nSPS) is 21.4. The highest BCUT2D eigenvalue weighted by atomic mass is 16.4. The molecule has 1 fully saturated rings. The molecule has 5 atom stereocenters. The van der Waals surface area contributed by atoms with Crippen LogP contribution >= 0.6 is 0 Å². The van der Waals surface area contributed by atoms with Gasteiger partial charge in [-0.1, -0.05) is 106 Å². The van der Waals surface area contributed by atoms with E-state index in [2.05, 4.69) is 33.5 Å². The van der Waals surface area contributed by atoms with Gasteiger partial charge in [0.1, 0.15) is 36.8 Å². The Morgan fingerprint density at radius 1 is 0.614 bits per heavy atom. The van der Waals surface area contributed by atoms with Crippen LogP contribution < -0.4 is 26.6 Å². The first kappa shape index (κ1) is 50.8. The van der Waals surface area contributed by atoms with Crippen molar-refractivity contribution < 1.29 is 48.6 Å². The molecule has 1 heterocycles. The average Bonchev–Trinajstić information content (AvgIpc) is 3.11. The van der Waals surface area contributed by atoms with Crippen LogP contribution in [0.5, 0.6) is 0 Å². The Balaban J connectivity index is 3.62. The van der Waals surface area contributed by atoms with E-state index in [1.165, 1.54) is 32.1 Å². The number of unbranched alkanes of at least 4 members (excludes halogenated alkanes) is 9. The summed E-state index contributed by atoms with van der Waals surface area (Å²) in [6, 6.07) is -6.74. The first-order valence-corrected chi connectivity index (χ1v) is 21.1. The third-order valence-corrected chi connectivity index (χ3v) is 9.95. The van der Waals surface area contributed by atoms with Crippen molar-refractivity contribution in [3.63, 3.8) is 0 Å². The molecule has 0 spiro atoms. The Kier molecular flexibility index (Phi) is 24.4. The van der Waals surface area contributed by atoms with Crippen LogP contribution in [0.4, 0.5) is 0 Å².